The van der Waals surface area contributed by atoms with Crippen molar-refractivity contribution in [3.05, 3.63) is 24.2 Å². The quantitative estimate of drug-likeness (QED) is 0.762. The van der Waals surface area contributed by atoms with E-state index in [9.17, 15) is 4.79 Å². The molecule has 1 rings (SSSR count). The Hall–Kier alpha value is -0.770. The maximum Gasteiger partial charge on any atom is 0.289 e. The van der Waals surface area contributed by atoms with Crippen LogP contribution in [-0.2, 0) is 0 Å². The zero-order valence-electron chi connectivity index (χ0n) is 7.50. The van der Waals surface area contributed by atoms with E-state index < -0.39 is 0 Å². The van der Waals surface area contributed by atoms with Crippen molar-refractivity contribution < 1.29 is 9.21 Å². The maximum atomic E-state index is 11.6. The van der Waals surface area contributed by atoms with Crippen molar-refractivity contribution >= 4 is 21.8 Å². The number of halogens is 1. The Kier molecular flexibility index (Phi) is 4.02. The summed E-state index contributed by atoms with van der Waals surface area (Å²) in [5, 5.41) is 0.785. The largest absolute Gasteiger partial charge is 0.459 e. The van der Waals surface area contributed by atoms with Gasteiger partial charge in [-0.15, -0.1) is 0 Å². The molecule has 1 amide bonds. The van der Waals surface area contributed by atoms with Crippen molar-refractivity contribution in [2.75, 3.05) is 18.4 Å². The van der Waals surface area contributed by atoms with Crippen LogP contribution in [0.1, 0.15) is 17.5 Å². The zero-order chi connectivity index (χ0) is 9.68. The fourth-order valence-corrected chi connectivity index (χ4v) is 1.49. The van der Waals surface area contributed by atoms with Crippen LogP contribution in [0.25, 0.3) is 0 Å². The molecule has 0 aliphatic rings. The number of carbonyl (C=O) groups is 1. The Morgan fingerprint density at radius 2 is 2.46 bits per heavy atom. The summed E-state index contributed by atoms with van der Waals surface area (Å²) in [6.07, 6.45) is 1.51. The van der Waals surface area contributed by atoms with E-state index in [4.69, 9.17) is 4.42 Å². The van der Waals surface area contributed by atoms with Gasteiger partial charge in [-0.1, -0.05) is 15.9 Å². The van der Waals surface area contributed by atoms with E-state index in [1.807, 2.05) is 6.92 Å². The van der Waals surface area contributed by atoms with Crippen LogP contribution in [0, 0.1) is 0 Å². The number of rotatable bonds is 4. The van der Waals surface area contributed by atoms with E-state index in [0.717, 1.165) is 5.33 Å². The fourth-order valence-electron chi connectivity index (χ4n) is 1.06. The van der Waals surface area contributed by atoms with Gasteiger partial charge in [0.25, 0.3) is 5.91 Å². The Bertz CT molecular complexity index is 259. The molecular weight excluding hydrogens is 234 g/mol. The van der Waals surface area contributed by atoms with E-state index in [1.54, 1.807) is 17.0 Å². The fraction of sp³-hybridized carbons (Fsp3) is 0.444. The molecule has 0 N–H and O–H groups in total. The first-order valence-corrected chi connectivity index (χ1v) is 5.30. The van der Waals surface area contributed by atoms with Gasteiger partial charge < -0.3 is 9.32 Å². The van der Waals surface area contributed by atoms with Crippen LogP contribution in [0.4, 0.5) is 0 Å². The number of alkyl halides is 1. The second-order valence-electron chi connectivity index (χ2n) is 2.55. The number of nitrogens with zero attached hydrogens (tertiary/aromatic N) is 1. The van der Waals surface area contributed by atoms with Crippen LogP contribution >= 0.6 is 15.9 Å². The van der Waals surface area contributed by atoms with Gasteiger partial charge in [0.2, 0.25) is 0 Å². The molecule has 0 aliphatic heterocycles. The van der Waals surface area contributed by atoms with Crippen molar-refractivity contribution in [1.29, 1.82) is 0 Å². The van der Waals surface area contributed by atoms with Crippen LogP contribution in [0.2, 0.25) is 0 Å². The summed E-state index contributed by atoms with van der Waals surface area (Å²) >= 11 is 3.30. The predicted molar refractivity (Wildman–Crippen MR) is 54.1 cm³/mol. The van der Waals surface area contributed by atoms with Crippen LogP contribution in [0.5, 0.6) is 0 Å². The second kappa shape index (κ2) is 5.07. The molecule has 0 aromatic carbocycles. The minimum Gasteiger partial charge on any atom is -0.459 e. The number of hydrogen-bond acceptors (Lipinski definition) is 2. The third-order valence-corrected chi connectivity index (χ3v) is 2.11. The molecule has 0 spiro atoms. The van der Waals surface area contributed by atoms with E-state index in [2.05, 4.69) is 15.9 Å². The third-order valence-electron chi connectivity index (χ3n) is 1.76. The van der Waals surface area contributed by atoms with Gasteiger partial charge >= 0.3 is 0 Å². The average molecular weight is 246 g/mol. The van der Waals surface area contributed by atoms with Gasteiger partial charge in [-0.05, 0) is 19.1 Å². The highest BCUT2D eigenvalue weighted by atomic mass is 79.9. The summed E-state index contributed by atoms with van der Waals surface area (Å²) in [6.45, 7) is 3.35. The molecule has 0 aliphatic carbocycles. The molecule has 4 heteroatoms. The average Bonchev–Trinajstić information content (AvgIpc) is 2.65. The van der Waals surface area contributed by atoms with Crippen LogP contribution in [0.15, 0.2) is 22.8 Å². The van der Waals surface area contributed by atoms with Crippen molar-refractivity contribution in [1.82, 2.24) is 4.90 Å². The molecule has 1 heterocycles. The zero-order valence-corrected chi connectivity index (χ0v) is 9.08. The topological polar surface area (TPSA) is 33.5 Å². The molecular formula is C9H12BrNO2. The van der Waals surface area contributed by atoms with E-state index in [1.165, 1.54) is 6.26 Å². The van der Waals surface area contributed by atoms with Gasteiger partial charge in [-0.3, -0.25) is 4.79 Å². The Morgan fingerprint density at radius 1 is 1.69 bits per heavy atom. The highest BCUT2D eigenvalue weighted by Gasteiger charge is 2.15. The Labute approximate surface area is 85.8 Å². The first-order chi connectivity index (χ1) is 6.29. The molecule has 0 radical (unpaired) electrons. The highest BCUT2D eigenvalue weighted by Crippen LogP contribution is 2.05. The lowest BCUT2D eigenvalue weighted by Crippen LogP contribution is -2.32. The first kappa shape index (κ1) is 10.3. The lowest BCUT2D eigenvalue weighted by atomic mass is 10.4. The van der Waals surface area contributed by atoms with Crippen molar-refractivity contribution in [2.24, 2.45) is 0 Å². The SMILES string of the molecule is CCN(CCBr)C(=O)c1ccco1. The summed E-state index contributed by atoms with van der Waals surface area (Å²) in [4.78, 5) is 13.4. The van der Waals surface area contributed by atoms with E-state index in [0.29, 0.717) is 18.8 Å². The molecule has 1 aromatic rings. The second-order valence-corrected chi connectivity index (χ2v) is 3.34. The molecule has 13 heavy (non-hydrogen) atoms. The molecule has 0 bridgehead atoms. The Morgan fingerprint density at radius 3 is 2.92 bits per heavy atom. The molecule has 3 nitrogen and oxygen atoms in total. The monoisotopic (exact) mass is 245 g/mol. The smallest absolute Gasteiger partial charge is 0.289 e. The third kappa shape index (κ3) is 2.59. The van der Waals surface area contributed by atoms with Crippen molar-refractivity contribution in [2.45, 2.75) is 6.92 Å². The van der Waals surface area contributed by atoms with Gasteiger partial charge in [0.05, 0.1) is 6.26 Å². The summed E-state index contributed by atoms with van der Waals surface area (Å²) in [5.74, 6) is 0.356. The highest BCUT2D eigenvalue weighted by molar-refractivity contribution is 9.09. The van der Waals surface area contributed by atoms with Gasteiger partial charge in [0, 0.05) is 18.4 Å². The molecule has 0 fully saturated rings. The standard InChI is InChI=1S/C9H12BrNO2/c1-2-11(6-5-10)9(12)8-4-3-7-13-8/h3-4,7H,2,5-6H2,1H3. The normalized spacial score (nSPS) is 10.0. The van der Waals surface area contributed by atoms with Crippen LogP contribution in [0.3, 0.4) is 0 Å². The lowest BCUT2D eigenvalue weighted by molar-refractivity contribution is 0.0743. The minimum absolute atomic E-state index is 0.0491. The molecule has 1 aromatic heterocycles. The number of carbonyl (C=O) groups excluding carboxylic acids is 1. The summed E-state index contributed by atoms with van der Waals surface area (Å²) in [7, 11) is 0. The molecule has 0 saturated heterocycles. The number of furan rings is 1. The molecule has 0 atom stereocenters. The van der Waals surface area contributed by atoms with Crippen LogP contribution < -0.4 is 0 Å². The molecule has 0 unspecified atom stereocenters. The van der Waals surface area contributed by atoms with Gasteiger partial charge in [-0.2, -0.15) is 0 Å². The maximum absolute atomic E-state index is 11.6. The van der Waals surface area contributed by atoms with Gasteiger partial charge in [0.15, 0.2) is 5.76 Å². The van der Waals surface area contributed by atoms with Crippen molar-refractivity contribution in [3.8, 4) is 0 Å². The van der Waals surface area contributed by atoms with Gasteiger partial charge in [-0.25, -0.2) is 0 Å². The Balaban J connectivity index is 2.65. The van der Waals surface area contributed by atoms with Gasteiger partial charge in [0.1, 0.15) is 0 Å². The first-order valence-electron chi connectivity index (χ1n) is 4.18. The summed E-state index contributed by atoms with van der Waals surface area (Å²) in [5.41, 5.74) is 0. The number of amides is 1. The number of hydrogen-bond donors (Lipinski definition) is 0. The molecule has 72 valence electrons. The van der Waals surface area contributed by atoms with Crippen LogP contribution in [-0.4, -0.2) is 29.2 Å². The minimum atomic E-state index is -0.0491. The van der Waals surface area contributed by atoms with E-state index >= 15 is 0 Å². The lowest BCUT2D eigenvalue weighted by Gasteiger charge is -2.17. The van der Waals surface area contributed by atoms with E-state index in [-0.39, 0.29) is 5.91 Å². The van der Waals surface area contributed by atoms with Crippen molar-refractivity contribution in [3.63, 3.8) is 0 Å². The summed E-state index contributed by atoms with van der Waals surface area (Å²) < 4.78 is 5.02. The molecule has 0 saturated carbocycles. The summed E-state index contributed by atoms with van der Waals surface area (Å²) in [6, 6.07) is 3.40. The predicted octanol–water partition coefficient (Wildman–Crippen LogP) is 2.14.